The van der Waals surface area contributed by atoms with Crippen molar-refractivity contribution in [1.82, 2.24) is 0 Å². The second kappa shape index (κ2) is 4.26. The zero-order valence-corrected chi connectivity index (χ0v) is 9.92. The number of benzene rings is 1. The molecule has 1 heteroatoms. The summed E-state index contributed by atoms with van der Waals surface area (Å²) in [6.45, 7) is 6.46. The Morgan fingerprint density at radius 2 is 2.13 bits per heavy atom. The molecule has 0 radical (unpaired) electrons. The number of hydrogen-bond donors (Lipinski definition) is 0. The summed E-state index contributed by atoms with van der Waals surface area (Å²) in [4.78, 5) is 0. The first kappa shape index (κ1) is 10.5. The summed E-state index contributed by atoms with van der Waals surface area (Å²) >= 11 is 0. The van der Waals surface area contributed by atoms with Crippen LogP contribution in [0.25, 0.3) is 0 Å². The highest BCUT2D eigenvalue weighted by Gasteiger charge is 2.16. The van der Waals surface area contributed by atoms with Gasteiger partial charge in [0.25, 0.3) is 0 Å². The molecule has 1 aromatic carbocycles. The van der Waals surface area contributed by atoms with E-state index in [0.717, 1.165) is 11.7 Å². The number of fused-ring (bicyclic) bond motifs is 1. The summed E-state index contributed by atoms with van der Waals surface area (Å²) in [5.74, 6) is 1.75. The number of hydrogen-bond acceptors (Lipinski definition) is 1. The lowest BCUT2D eigenvalue weighted by Gasteiger charge is -2.23. The van der Waals surface area contributed by atoms with Gasteiger partial charge in [-0.3, -0.25) is 0 Å². The third-order valence-electron chi connectivity index (χ3n) is 3.10. The predicted molar refractivity (Wildman–Crippen MR) is 63.6 cm³/mol. The van der Waals surface area contributed by atoms with Gasteiger partial charge in [-0.25, -0.2) is 0 Å². The molecule has 15 heavy (non-hydrogen) atoms. The second-order valence-corrected chi connectivity index (χ2v) is 4.82. The third-order valence-corrected chi connectivity index (χ3v) is 3.10. The Bertz CT molecular complexity index is 341. The largest absolute Gasteiger partial charge is 0.491 e. The van der Waals surface area contributed by atoms with Gasteiger partial charge in [0.1, 0.15) is 5.75 Å². The van der Waals surface area contributed by atoms with Gasteiger partial charge >= 0.3 is 0 Å². The van der Waals surface area contributed by atoms with Crippen LogP contribution in [0.5, 0.6) is 5.75 Å². The molecule has 1 unspecified atom stereocenters. The summed E-state index contributed by atoms with van der Waals surface area (Å²) < 4.78 is 5.72. The molecule has 1 atom stereocenters. The van der Waals surface area contributed by atoms with E-state index < -0.39 is 0 Å². The minimum Gasteiger partial charge on any atom is -0.491 e. The molecule has 0 heterocycles. The molecule has 0 aromatic heterocycles. The van der Waals surface area contributed by atoms with Crippen LogP contribution in [0.3, 0.4) is 0 Å². The maximum Gasteiger partial charge on any atom is 0.119 e. The van der Waals surface area contributed by atoms with Crippen LogP contribution in [0.1, 0.15) is 50.7 Å². The van der Waals surface area contributed by atoms with Crippen LogP contribution in [-0.4, -0.2) is 6.10 Å². The molecule has 0 amide bonds. The van der Waals surface area contributed by atoms with Gasteiger partial charge in [-0.15, -0.1) is 0 Å². The SMILES string of the molecule is CC(C)Oc1ccc2c(c1)CCCC2C. The smallest absolute Gasteiger partial charge is 0.119 e. The standard InChI is InChI=1S/C14H20O/c1-10(2)15-13-7-8-14-11(3)5-4-6-12(14)9-13/h7-11H,4-6H2,1-3H3. The fourth-order valence-corrected chi connectivity index (χ4v) is 2.38. The van der Waals surface area contributed by atoms with Gasteiger partial charge in [0.2, 0.25) is 0 Å². The minimum atomic E-state index is 0.268. The van der Waals surface area contributed by atoms with Crippen molar-refractivity contribution in [2.75, 3.05) is 0 Å². The van der Waals surface area contributed by atoms with E-state index in [4.69, 9.17) is 4.74 Å². The van der Waals surface area contributed by atoms with E-state index in [0.29, 0.717) is 0 Å². The molecule has 0 N–H and O–H groups in total. The third kappa shape index (κ3) is 2.34. The molecule has 1 nitrogen and oxygen atoms in total. The first-order valence-electron chi connectivity index (χ1n) is 5.96. The molecule has 0 saturated heterocycles. The lowest BCUT2D eigenvalue weighted by atomic mass is 9.84. The summed E-state index contributed by atoms with van der Waals surface area (Å²) in [6.07, 6.45) is 4.13. The second-order valence-electron chi connectivity index (χ2n) is 4.82. The topological polar surface area (TPSA) is 9.23 Å². The summed E-state index contributed by atoms with van der Waals surface area (Å²) in [5.41, 5.74) is 3.02. The van der Waals surface area contributed by atoms with Crippen LogP contribution in [0.2, 0.25) is 0 Å². The Kier molecular flexibility index (Phi) is 2.99. The Morgan fingerprint density at radius 3 is 2.87 bits per heavy atom. The highest BCUT2D eigenvalue weighted by Crippen LogP contribution is 2.33. The van der Waals surface area contributed by atoms with E-state index in [2.05, 4.69) is 39.0 Å². The predicted octanol–water partition coefficient (Wildman–Crippen LogP) is 3.91. The molecule has 0 aliphatic heterocycles. The number of rotatable bonds is 2. The Hall–Kier alpha value is -0.980. The average Bonchev–Trinajstić information content (AvgIpc) is 2.17. The fraction of sp³-hybridized carbons (Fsp3) is 0.571. The Labute approximate surface area is 92.5 Å². The molecule has 1 aromatic rings. The molecule has 1 aliphatic rings. The highest BCUT2D eigenvalue weighted by atomic mass is 16.5. The molecule has 2 rings (SSSR count). The molecule has 1 aliphatic carbocycles. The van der Waals surface area contributed by atoms with Crippen molar-refractivity contribution in [3.8, 4) is 5.75 Å². The van der Waals surface area contributed by atoms with Gasteiger partial charge in [-0.2, -0.15) is 0 Å². The van der Waals surface area contributed by atoms with Crippen molar-refractivity contribution in [2.24, 2.45) is 0 Å². The minimum absolute atomic E-state index is 0.268. The van der Waals surface area contributed by atoms with Crippen LogP contribution >= 0.6 is 0 Å². The lowest BCUT2D eigenvalue weighted by Crippen LogP contribution is -2.09. The fourth-order valence-electron chi connectivity index (χ4n) is 2.38. The average molecular weight is 204 g/mol. The van der Waals surface area contributed by atoms with E-state index in [9.17, 15) is 0 Å². The van der Waals surface area contributed by atoms with Crippen molar-refractivity contribution in [2.45, 2.75) is 52.1 Å². The molecule has 82 valence electrons. The van der Waals surface area contributed by atoms with Crippen molar-refractivity contribution < 1.29 is 4.74 Å². The van der Waals surface area contributed by atoms with E-state index >= 15 is 0 Å². The molecular formula is C14H20O. The summed E-state index contributed by atoms with van der Waals surface area (Å²) in [7, 11) is 0. The van der Waals surface area contributed by atoms with Gasteiger partial charge in [-0.05, 0) is 62.3 Å². The van der Waals surface area contributed by atoms with Crippen molar-refractivity contribution >= 4 is 0 Å². The van der Waals surface area contributed by atoms with Gasteiger partial charge in [0, 0.05) is 0 Å². The van der Waals surface area contributed by atoms with Crippen LogP contribution in [-0.2, 0) is 6.42 Å². The van der Waals surface area contributed by atoms with E-state index in [1.807, 2.05) is 0 Å². The Morgan fingerprint density at radius 1 is 1.33 bits per heavy atom. The summed E-state index contributed by atoms with van der Waals surface area (Å²) in [6, 6.07) is 6.59. The van der Waals surface area contributed by atoms with E-state index in [-0.39, 0.29) is 6.10 Å². The molecule has 0 spiro atoms. The van der Waals surface area contributed by atoms with Crippen LogP contribution in [0, 0.1) is 0 Å². The molecule has 0 bridgehead atoms. The van der Waals surface area contributed by atoms with Crippen molar-refractivity contribution in [1.29, 1.82) is 0 Å². The first-order chi connectivity index (χ1) is 7.16. The van der Waals surface area contributed by atoms with Crippen LogP contribution in [0.15, 0.2) is 18.2 Å². The van der Waals surface area contributed by atoms with Gasteiger partial charge in [-0.1, -0.05) is 13.0 Å². The zero-order valence-electron chi connectivity index (χ0n) is 9.92. The zero-order chi connectivity index (χ0) is 10.8. The molecular weight excluding hydrogens is 184 g/mol. The molecule has 0 fully saturated rings. The Balaban J connectivity index is 2.25. The van der Waals surface area contributed by atoms with Crippen molar-refractivity contribution in [3.63, 3.8) is 0 Å². The van der Waals surface area contributed by atoms with Crippen LogP contribution < -0.4 is 4.74 Å². The number of ether oxygens (including phenoxy) is 1. The quantitative estimate of drug-likeness (QED) is 0.709. The molecule has 0 saturated carbocycles. The van der Waals surface area contributed by atoms with Gasteiger partial charge in [0.05, 0.1) is 6.10 Å². The lowest BCUT2D eigenvalue weighted by molar-refractivity contribution is 0.242. The number of aryl methyl sites for hydroxylation is 1. The normalized spacial score (nSPS) is 20.1. The van der Waals surface area contributed by atoms with E-state index in [1.165, 1.54) is 30.4 Å². The van der Waals surface area contributed by atoms with Gasteiger partial charge < -0.3 is 4.74 Å². The monoisotopic (exact) mass is 204 g/mol. The maximum absolute atomic E-state index is 5.72. The van der Waals surface area contributed by atoms with E-state index in [1.54, 1.807) is 0 Å². The van der Waals surface area contributed by atoms with Gasteiger partial charge in [0.15, 0.2) is 0 Å². The highest BCUT2D eigenvalue weighted by molar-refractivity contribution is 5.39. The van der Waals surface area contributed by atoms with Crippen molar-refractivity contribution in [3.05, 3.63) is 29.3 Å². The van der Waals surface area contributed by atoms with Crippen LogP contribution in [0.4, 0.5) is 0 Å². The first-order valence-corrected chi connectivity index (χ1v) is 5.96. The maximum atomic E-state index is 5.72. The summed E-state index contributed by atoms with van der Waals surface area (Å²) in [5, 5.41) is 0.